The fraction of sp³-hybridized carbons (Fsp3) is 0.412. The molecule has 0 aliphatic heterocycles. The van der Waals surface area contributed by atoms with E-state index < -0.39 is 8.07 Å². The third-order valence-corrected chi connectivity index (χ3v) is 8.79. The van der Waals surface area contributed by atoms with Gasteiger partial charge in [0.15, 0.2) is 0 Å². The summed E-state index contributed by atoms with van der Waals surface area (Å²) in [6.45, 7) is 15.5. The van der Waals surface area contributed by atoms with Crippen LogP contribution in [0.3, 0.4) is 0 Å². The monoisotopic (exact) mass is 414 g/mol. The summed E-state index contributed by atoms with van der Waals surface area (Å²) in [4.78, 5) is 0. The summed E-state index contributed by atoms with van der Waals surface area (Å²) in [5, 5.41) is 3.10. The first-order valence-corrected chi connectivity index (χ1v) is 9.19. The molecular weight excluding hydrogens is 394 g/mol. The first-order valence-electron chi connectivity index (χ1n) is 6.61. The Morgan fingerprint density at radius 2 is 1.24 bits per heavy atom. The number of hydrogen-bond acceptors (Lipinski definition) is 0. The molecule has 2 rings (SSSR count). The second-order valence-corrected chi connectivity index (χ2v) is 9.49. The second kappa shape index (κ2) is 8.87. The van der Waals surface area contributed by atoms with Gasteiger partial charge >= 0.3 is 26.2 Å². The van der Waals surface area contributed by atoms with E-state index in [1.54, 1.807) is 10.4 Å². The fourth-order valence-electron chi connectivity index (χ4n) is 3.52. The van der Waals surface area contributed by atoms with E-state index in [1.165, 1.54) is 22.3 Å². The van der Waals surface area contributed by atoms with Gasteiger partial charge in [0, 0.05) is 0 Å². The van der Waals surface area contributed by atoms with E-state index in [2.05, 4.69) is 58.7 Å². The molecule has 0 atom stereocenters. The molecule has 0 saturated carbocycles. The summed E-state index contributed by atoms with van der Waals surface area (Å²) in [5.41, 5.74) is 7.91. The zero-order valence-corrected chi connectivity index (χ0v) is 18.4. The molecule has 0 amide bonds. The van der Waals surface area contributed by atoms with Crippen molar-refractivity contribution in [2.45, 2.75) is 47.1 Å². The minimum atomic E-state index is -1.79. The molecule has 0 nitrogen and oxygen atoms in total. The molecule has 0 fully saturated rings. The van der Waals surface area contributed by atoms with Gasteiger partial charge in [-0.05, 0) is 8.07 Å². The van der Waals surface area contributed by atoms with Crippen molar-refractivity contribution in [3.63, 3.8) is 0 Å². The van der Waals surface area contributed by atoms with Crippen molar-refractivity contribution in [2.75, 3.05) is 0 Å². The molecule has 0 heterocycles. The van der Waals surface area contributed by atoms with E-state index in [-0.39, 0.29) is 51.0 Å². The molecule has 2 aliphatic rings. The Labute approximate surface area is 162 Å². The molecule has 0 bridgehead atoms. The van der Waals surface area contributed by atoms with Crippen molar-refractivity contribution >= 4 is 8.07 Å². The molecule has 2 aliphatic carbocycles. The van der Waals surface area contributed by atoms with Gasteiger partial charge in [-0.2, -0.15) is 11.1 Å². The minimum Gasteiger partial charge on any atom is -1.00 e. The molecule has 0 spiro atoms. The number of hydrogen-bond donors (Lipinski definition) is 0. The van der Waals surface area contributed by atoms with Gasteiger partial charge in [-0.3, -0.25) is 12.2 Å². The van der Waals surface area contributed by atoms with Crippen LogP contribution in [0.25, 0.3) is 0 Å². The Morgan fingerprint density at radius 1 is 0.905 bits per heavy atom. The number of rotatable bonds is 3. The molecular formula is C17H22Cl2SiZr. The van der Waals surface area contributed by atoms with Crippen molar-refractivity contribution in [1.82, 2.24) is 0 Å². The molecule has 0 N–H and O–H groups in total. The number of halogens is 2. The summed E-state index contributed by atoms with van der Waals surface area (Å²) >= 11 is 0. The molecule has 4 heteroatoms. The first-order chi connectivity index (χ1) is 8.41. The molecule has 0 radical (unpaired) electrons. The number of allylic oxidation sites excluding steroid dienone is 8. The Balaban J connectivity index is 0. The summed E-state index contributed by atoms with van der Waals surface area (Å²) < 4.78 is 0. The Hall–Kier alpha value is 0.380. The van der Waals surface area contributed by atoms with E-state index in [4.69, 9.17) is 0 Å². The molecule has 0 unspecified atom stereocenters. The van der Waals surface area contributed by atoms with E-state index in [9.17, 15) is 0 Å². The summed E-state index contributed by atoms with van der Waals surface area (Å²) in [6.07, 6.45) is 8.97. The average molecular weight is 417 g/mol. The Morgan fingerprint density at radius 3 is 1.43 bits per heavy atom. The van der Waals surface area contributed by atoms with Crippen LogP contribution in [0.1, 0.15) is 40.5 Å². The SMILES string of the molecule is C=C[Si](C)(C1=C(C)C[C-]=C1C)C1=C(C)C[C-]=C1C.[Cl-].[Cl-].[Zr+4]. The van der Waals surface area contributed by atoms with Gasteiger partial charge in [-0.15, -0.1) is 25.1 Å². The zero-order chi connectivity index (χ0) is 13.5. The van der Waals surface area contributed by atoms with Crippen LogP contribution >= 0.6 is 0 Å². The summed E-state index contributed by atoms with van der Waals surface area (Å²) in [6, 6.07) is 0. The van der Waals surface area contributed by atoms with Gasteiger partial charge < -0.3 is 24.8 Å². The summed E-state index contributed by atoms with van der Waals surface area (Å²) in [5.74, 6) is 0. The standard InChI is InChI=1S/C17H22Si.2ClH.Zr/c1-7-18(6,16-12(2)8-9-13(16)3)17-14(4)10-11-15(17)5;;;/h7H,1,8,10H2,2-6H3;2*1H;/q-2;;;+4/p-2. The summed E-state index contributed by atoms with van der Waals surface area (Å²) in [7, 11) is -1.79. The molecule has 0 aromatic carbocycles. The van der Waals surface area contributed by atoms with Gasteiger partial charge in [-0.1, -0.05) is 34.2 Å². The van der Waals surface area contributed by atoms with Crippen molar-refractivity contribution in [1.29, 1.82) is 0 Å². The maximum Gasteiger partial charge on any atom is 4.00 e. The second-order valence-electron chi connectivity index (χ2n) is 5.67. The van der Waals surface area contributed by atoms with Crippen LogP contribution < -0.4 is 24.8 Å². The smallest absolute Gasteiger partial charge is 1.00 e. The first kappa shape index (κ1) is 23.6. The Bertz CT molecular complexity index is 497. The van der Waals surface area contributed by atoms with Gasteiger partial charge in [0.2, 0.25) is 0 Å². The van der Waals surface area contributed by atoms with Crippen LogP contribution in [0, 0.1) is 12.2 Å². The largest absolute Gasteiger partial charge is 4.00 e. The van der Waals surface area contributed by atoms with Crippen LogP contribution in [0.5, 0.6) is 0 Å². The van der Waals surface area contributed by atoms with Crippen molar-refractivity contribution in [2.24, 2.45) is 0 Å². The van der Waals surface area contributed by atoms with E-state index >= 15 is 0 Å². The maximum atomic E-state index is 4.17. The molecule has 21 heavy (non-hydrogen) atoms. The van der Waals surface area contributed by atoms with Crippen LogP contribution in [-0.2, 0) is 26.2 Å². The maximum absolute atomic E-state index is 4.17. The third-order valence-electron chi connectivity index (χ3n) is 4.29. The van der Waals surface area contributed by atoms with Gasteiger partial charge in [-0.25, -0.2) is 21.5 Å². The Kier molecular flexibility index (Phi) is 9.98. The molecule has 0 saturated heterocycles. The van der Waals surface area contributed by atoms with Crippen LogP contribution in [-0.4, -0.2) is 8.07 Å². The van der Waals surface area contributed by atoms with Gasteiger partial charge in [0.25, 0.3) is 0 Å². The molecule has 112 valence electrons. The van der Waals surface area contributed by atoms with Crippen LogP contribution in [0.15, 0.2) is 45.0 Å². The van der Waals surface area contributed by atoms with Crippen LogP contribution in [0.4, 0.5) is 0 Å². The van der Waals surface area contributed by atoms with Gasteiger partial charge in [0.1, 0.15) is 0 Å². The van der Waals surface area contributed by atoms with Crippen molar-refractivity contribution in [3.05, 3.63) is 57.1 Å². The van der Waals surface area contributed by atoms with Crippen molar-refractivity contribution in [3.8, 4) is 0 Å². The third kappa shape index (κ3) is 4.02. The topological polar surface area (TPSA) is 0 Å². The fourth-order valence-corrected chi connectivity index (χ4v) is 7.86. The molecule has 0 aromatic rings. The minimum absolute atomic E-state index is 0. The quantitative estimate of drug-likeness (QED) is 0.401. The van der Waals surface area contributed by atoms with E-state index in [1.807, 2.05) is 0 Å². The van der Waals surface area contributed by atoms with Crippen LogP contribution in [0.2, 0.25) is 6.55 Å². The van der Waals surface area contributed by atoms with Gasteiger partial charge in [0.05, 0.1) is 0 Å². The zero-order valence-electron chi connectivity index (χ0n) is 13.5. The van der Waals surface area contributed by atoms with E-state index in [0.717, 1.165) is 12.8 Å². The van der Waals surface area contributed by atoms with Crippen molar-refractivity contribution < 1.29 is 51.0 Å². The average Bonchev–Trinajstić information content (AvgIpc) is 2.83. The molecule has 0 aromatic heterocycles. The predicted octanol–water partition coefficient (Wildman–Crippen LogP) is -1.19. The predicted molar refractivity (Wildman–Crippen MR) is 81.3 cm³/mol. The van der Waals surface area contributed by atoms with E-state index in [0.29, 0.717) is 0 Å². The normalized spacial score (nSPS) is 17.6.